The number of amides is 1. The molecule has 2 rings (SSSR count). The molecule has 6 heteroatoms. The Morgan fingerprint density at radius 1 is 1.47 bits per heavy atom. The van der Waals surface area contributed by atoms with Gasteiger partial charge in [0.15, 0.2) is 0 Å². The Hall–Kier alpha value is -1.95. The molecule has 0 aliphatic carbocycles. The number of nitrogens with two attached hydrogens (primary N) is 1. The number of nitrogens with one attached hydrogen (secondary N) is 1. The zero-order valence-electron chi connectivity index (χ0n) is 10.9. The number of hydrogen-bond acceptors (Lipinski definition) is 5. The Balaban J connectivity index is 2.00. The van der Waals surface area contributed by atoms with Crippen LogP contribution in [0.15, 0.2) is 18.3 Å². The molecule has 1 amide bonds. The van der Waals surface area contributed by atoms with Gasteiger partial charge in [-0.1, -0.05) is 6.92 Å². The van der Waals surface area contributed by atoms with Crippen molar-refractivity contribution >= 4 is 23.1 Å². The maximum atomic E-state index is 11.9. The summed E-state index contributed by atoms with van der Waals surface area (Å²) in [5.74, 6) is 0.251. The average molecular weight is 276 g/mol. The van der Waals surface area contributed by atoms with Gasteiger partial charge in [0.25, 0.3) is 5.91 Å². The van der Waals surface area contributed by atoms with Crippen LogP contribution in [0.3, 0.4) is 0 Å². The molecule has 0 spiro atoms. The Morgan fingerprint density at radius 3 is 2.84 bits per heavy atom. The summed E-state index contributed by atoms with van der Waals surface area (Å²) in [4.78, 5) is 21.3. The van der Waals surface area contributed by atoms with Gasteiger partial charge in [-0.25, -0.2) is 9.97 Å². The van der Waals surface area contributed by atoms with Gasteiger partial charge in [0, 0.05) is 11.1 Å². The van der Waals surface area contributed by atoms with Crippen LogP contribution in [0.2, 0.25) is 0 Å². The number of thiazole rings is 1. The maximum Gasteiger partial charge on any atom is 0.253 e. The second kappa shape index (κ2) is 5.79. The first-order chi connectivity index (χ1) is 9.10. The molecule has 0 bridgehead atoms. The van der Waals surface area contributed by atoms with Crippen LogP contribution in [-0.2, 0) is 13.0 Å². The third-order valence-corrected chi connectivity index (χ3v) is 4.00. The van der Waals surface area contributed by atoms with E-state index in [2.05, 4.69) is 22.2 Å². The van der Waals surface area contributed by atoms with Crippen molar-refractivity contribution in [3.8, 4) is 0 Å². The molecule has 2 aromatic rings. The van der Waals surface area contributed by atoms with E-state index in [1.807, 2.05) is 6.92 Å². The van der Waals surface area contributed by atoms with Gasteiger partial charge in [-0.05, 0) is 25.5 Å². The molecule has 0 saturated carbocycles. The summed E-state index contributed by atoms with van der Waals surface area (Å²) in [7, 11) is 0. The number of hydrogen-bond donors (Lipinski definition) is 2. The summed E-state index contributed by atoms with van der Waals surface area (Å²) >= 11 is 1.64. The quantitative estimate of drug-likeness (QED) is 0.894. The van der Waals surface area contributed by atoms with E-state index in [0.717, 1.165) is 22.0 Å². The van der Waals surface area contributed by atoms with Crippen LogP contribution in [0.1, 0.15) is 32.9 Å². The minimum absolute atomic E-state index is 0.154. The fraction of sp³-hybridized carbons (Fsp3) is 0.308. The summed E-state index contributed by atoms with van der Waals surface area (Å²) in [6.07, 6.45) is 2.39. The van der Waals surface area contributed by atoms with Crippen molar-refractivity contribution in [2.45, 2.75) is 26.8 Å². The lowest BCUT2D eigenvalue weighted by molar-refractivity contribution is 0.0951. The molecule has 0 saturated heterocycles. The van der Waals surface area contributed by atoms with Crippen LogP contribution in [0, 0.1) is 6.92 Å². The molecule has 5 nitrogen and oxygen atoms in total. The zero-order valence-corrected chi connectivity index (χ0v) is 11.8. The van der Waals surface area contributed by atoms with Gasteiger partial charge in [0.2, 0.25) is 0 Å². The van der Waals surface area contributed by atoms with Gasteiger partial charge in [-0.15, -0.1) is 11.3 Å². The fourth-order valence-corrected chi connectivity index (χ4v) is 2.55. The van der Waals surface area contributed by atoms with Gasteiger partial charge in [0.05, 0.1) is 22.8 Å². The lowest BCUT2D eigenvalue weighted by Gasteiger charge is -2.04. The normalized spacial score (nSPS) is 10.4. The largest absolute Gasteiger partial charge is 0.384 e. The molecule has 0 aliphatic rings. The number of carbonyl (C=O) groups excluding carboxylic acids is 1. The molecule has 0 aliphatic heterocycles. The molecule has 0 unspecified atom stereocenters. The van der Waals surface area contributed by atoms with Gasteiger partial charge in [-0.2, -0.15) is 0 Å². The molecule has 19 heavy (non-hydrogen) atoms. The Labute approximate surface area is 115 Å². The molecule has 0 aromatic carbocycles. The molecule has 2 heterocycles. The summed E-state index contributed by atoms with van der Waals surface area (Å²) in [5.41, 5.74) is 6.97. The van der Waals surface area contributed by atoms with Crippen molar-refractivity contribution in [2.75, 3.05) is 5.73 Å². The van der Waals surface area contributed by atoms with Crippen molar-refractivity contribution in [3.63, 3.8) is 0 Å². The van der Waals surface area contributed by atoms with E-state index in [9.17, 15) is 4.79 Å². The van der Waals surface area contributed by atoms with Crippen molar-refractivity contribution in [2.24, 2.45) is 0 Å². The molecule has 2 aromatic heterocycles. The fourth-order valence-electron chi connectivity index (χ4n) is 1.61. The van der Waals surface area contributed by atoms with E-state index < -0.39 is 0 Å². The second-order valence-electron chi connectivity index (χ2n) is 4.12. The molecular weight excluding hydrogens is 260 g/mol. The molecule has 3 N–H and O–H groups in total. The smallest absolute Gasteiger partial charge is 0.253 e. The van der Waals surface area contributed by atoms with Crippen LogP contribution < -0.4 is 11.1 Å². The first kappa shape index (κ1) is 13.5. The van der Waals surface area contributed by atoms with Gasteiger partial charge < -0.3 is 11.1 Å². The van der Waals surface area contributed by atoms with Gasteiger partial charge in [-0.3, -0.25) is 4.79 Å². The highest BCUT2D eigenvalue weighted by Gasteiger charge is 2.09. The number of nitrogen functional groups attached to an aromatic ring is 1. The van der Waals surface area contributed by atoms with Crippen LogP contribution >= 0.6 is 11.3 Å². The number of aromatic nitrogens is 2. The SMILES string of the molecule is CCc1nc(C)c(CNC(=O)c2ccc(N)nc2)s1. The summed E-state index contributed by atoms with van der Waals surface area (Å²) in [5, 5.41) is 3.96. The van der Waals surface area contributed by atoms with Crippen LogP contribution in [0.4, 0.5) is 5.82 Å². The highest BCUT2D eigenvalue weighted by Crippen LogP contribution is 2.18. The monoisotopic (exact) mass is 276 g/mol. The van der Waals surface area contributed by atoms with Gasteiger partial charge >= 0.3 is 0 Å². The summed E-state index contributed by atoms with van der Waals surface area (Å²) < 4.78 is 0. The van der Waals surface area contributed by atoms with E-state index in [1.165, 1.54) is 6.20 Å². The number of pyridine rings is 1. The van der Waals surface area contributed by atoms with Crippen LogP contribution in [0.25, 0.3) is 0 Å². The zero-order chi connectivity index (χ0) is 13.8. The van der Waals surface area contributed by atoms with Crippen molar-refractivity contribution < 1.29 is 4.79 Å². The molecule has 0 fully saturated rings. The van der Waals surface area contributed by atoms with Crippen molar-refractivity contribution in [1.29, 1.82) is 0 Å². The summed E-state index contributed by atoms with van der Waals surface area (Å²) in [6.45, 7) is 4.52. The molecular formula is C13H16N4OS. The highest BCUT2D eigenvalue weighted by molar-refractivity contribution is 7.11. The Kier molecular flexibility index (Phi) is 4.11. The lowest BCUT2D eigenvalue weighted by atomic mass is 10.2. The van der Waals surface area contributed by atoms with E-state index in [4.69, 9.17) is 5.73 Å². The molecule has 0 atom stereocenters. The topological polar surface area (TPSA) is 80.9 Å². The molecule has 0 radical (unpaired) electrons. The number of aryl methyl sites for hydroxylation is 2. The number of carbonyl (C=O) groups is 1. The Morgan fingerprint density at radius 2 is 2.26 bits per heavy atom. The highest BCUT2D eigenvalue weighted by atomic mass is 32.1. The predicted molar refractivity (Wildman–Crippen MR) is 76.0 cm³/mol. The van der Waals surface area contributed by atoms with Crippen molar-refractivity contribution in [1.82, 2.24) is 15.3 Å². The third kappa shape index (κ3) is 3.29. The second-order valence-corrected chi connectivity index (χ2v) is 5.29. The lowest BCUT2D eigenvalue weighted by Crippen LogP contribution is -2.22. The molecule has 100 valence electrons. The number of rotatable bonds is 4. The third-order valence-electron chi connectivity index (χ3n) is 2.70. The Bertz CT molecular complexity index is 577. The standard InChI is InChI=1S/C13H16N4OS/c1-3-12-17-8(2)10(19-12)7-16-13(18)9-4-5-11(14)15-6-9/h4-6H,3,7H2,1-2H3,(H2,14,15)(H,16,18). The first-order valence-electron chi connectivity index (χ1n) is 6.05. The van der Waals surface area contributed by atoms with E-state index in [0.29, 0.717) is 17.9 Å². The van der Waals surface area contributed by atoms with Crippen LogP contribution in [-0.4, -0.2) is 15.9 Å². The number of anilines is 1. The predicted octanol–water partition coefficient (Wildman–Crippen LogP) is 1.92. The van der Waals surface area contributed by atoms with Crippen LogP contribution in [0.5, 0.6) is 0 Å². The minimum Gasteiger partial charge on any atom is -0.384 e. The van der Waals surface area contributed by atoms with E-state index in [-0.39, 0.29) is 5.91 Å². The average Bonchev–Trinajstić information content (AvgIpc) is 2.77. The van der Waals surface area contributed by atoms with E-state index >= 15 is 0 Å². The summed E-state index contributed by atoms with van der Waals surface area (Å²) in [6, 6.07) is 3.27. The maximum absolute atomic E-state index is 11.9. The minimum atomic E-state index is -0.154. The van der Waals surface area contributed by atoms with Gasteiger partial charge in [0.1, 0.15) is 5.82 Å². The van der Waals surface area contributed by atoms with E-state index in [1.54, 1.807) is 23.5 Å². The number of nitrogens with zero attached hydrogens (tertiary/aromatic N) is 2. The van der Waals surface area contributed by atoms with Crippen molar-refractivity contribution in [3.05, 3.63) is 39.5 Å². The first-order valence-corrected chi connectivity index (χ1v) is 6.86.